The Labute approximate surface area is 175 Å². The van der Waals surface area contributed by atoms with E-state index in [1.807, 2.05) is 0 Å². The van der Waals surface area contributed by atoms with E-state index in [-0.39, 0.29) is 25.1 Å². The van der Waals surface area contributed by atoms with Gasteiger partial charge < -0.3 is 23.7 Å². The number of benzene rings is 1. The number of nitrogens with zero attached hydrogens (tertiary/aromatic N) is 2. The summed E-state index contributed by atoms with van der Waals surface area (Å²) in [6.45, 7) is 7.26. The molecule has 1 aliphatic heterocycles. The van der Waals surface area contributed by atoms with E-state index in [0.29, 0.717) is 39.6 Å². The summed E-state index contributed by atoms with van der Waals surface area (Å²) >= 11 is 0. The second kappa shape index (κ2) is 8.22. The van der Waals surface area contributed by atoms with Gasteiger partial charge in [0.15, 0.2) is 17.3 Å². The molecule has 8 nitrogen and oxygen atoms in total. The standard InChI is InChI=1S/C22H26N2O6/c1-7-28-22(27)19-12(2)18(13(3)23(19)5)20(25)14(4)24(6)21(26)15-8-9-16-17(10-15)30-11-29-16/h8-10,14H,7,11H2,1-6H3. The zero-order chi connectivity index (χ0) is 22.2. The monoisotopic (exact) mass is 414 g/mol. The van der Waals surface area contributed by atoms with E-state index < -0.39 is 12.0 Å². The molecule has 0 spiro atoms. The Hall–Kier alpha value is -3.29. The number of fused-ring (bicyclic) bond motifs is 1. The number of likely N-dealkylation sites (N-methyl/N-ethyl adjacent to an activating group) is 1. The summed E-state index contributed by atoms with van der Waals surface area (Å²) in [5, 5.41) is 0. The molecule has 1 aliphatic rings. The lowest BCUT2D eigenvalue weighted by molar-refractivity contribution is 0.0514. The van der Waals surface area contributed by atoms with Crippen LogP contribution in [0.15, 0.2) is 18.2 Å². The fourth-order valence-electron chi connectivity index (χ4n) is 3.62. The van der Waals surface area contributed by atoms with Gasteiger partial charge in [-0.2, -0.15) is 0 Å². The first-order chi connectivity index (χ1) is 14.2. The molecule has 0 saturated heterocycles. The van der Waals surface area contributed by atoms with Crippen molar-refractivity contribution in [3.63, 3.8) is 0 Å². The molecule has 1 aromatic carbocycles. The van der Waals surface area contributed by atoms with E-state index >= 15 is 0 Å². The maximum atomic E-state index is 13.3. The number of amides is 1. The minimum atomic E-state index is -0.738. The highest BCUT2D eigenvalue weighted by molar-refractivity contribution is 6.07. The van der Waals surface area contributed by atoms with Gasteiger partial charge in [-0.1, -0.05) is 0 Å². The lowest BCUT2D eigenvalue weighted by atomic mass is 9.99. The van der Waals surface area contributed by atoms with E-state index in [1.54, 1.807) is 64.6 Å². The second-order valence-electron chi connectivity index (χ2n) is 7.24. The number of aromatic nitrogens is 1. The quantitative estimate of drug-likeness (QED) is 0.534. The van der Waals surface area contributed by atoms with E-state index in [4.69, 9.17) is 14.2 Å². The molecule has 160 valence electrons. The first-order valence-electron chi connectivity index (χ1n) is 9.73. The van der Waals surface area contributed by atoms with Gasteiger partial charge in [-0.15, -0.1) is 0 Å². The molecular formula is C22H26N2O6. The van der Waals surface area contributed by atoms with Crippen molar-refractivity contribution in [3.8, 4) is 11.5 Å². The minimum Gasteiger partial charge on any atom is -0.461 e. The molecule has 2 heterocycles. The summed E-state index contributed by atoms with van der Waals surface area (Å²) in [4.78, 5) is 40.0. The van der Waals surface area contributed by atoms with Crippen LogP contribution in [0.3, 0.4) is 0 Å². The largest absolute Gasteiger partial charge is 0.461 e. The number of hydrogen-bond acceptors (Lipinski definition) is 6. The summed E-state index contributed by atoms with van der Waals surface area (Å²) < 4.78 is 17.4. The van der Waals surface area contributed by atoms with Gasteiger partial charge in [0, 0.05) is 30.9 Å². The molecule has 0 N–H and O–H groups in total. The van der Waals surface area contributed by atoms with Crippen LogP contribution in [0, 0.1) is 13.8 Å². The van der Waals surface area contributed by atoms with Gasteiger partial charge in [-0.25, -0.2) is 4.79 Å². The Bertz CT molecular complexity index is 1020. The Morgan fingerprint density at radius 2 is 1.87 bits per heavy atom. The summed E-state index contributed by atoms with van der Waals surface area (Å²) in [7, 11) is 3.30. The lowest BCUT2D eigenvalue weighted by Gasteiger charge is -2.24. The summed E-state index contributed by atoms with van der Waals surface area (Å²) in [5.74, 6) is 0.0539. The molecule has 30 heavy (non-hydrogen) atoms. The number of carbonyl (C=O) groups excluding carboxylic acids is 3. The lowest BCUT2D eigenvalue weighted by Crippen LogP contribution is -2.40. The molecule has 1 aromatic heterocycles. The van der Waals surface area contributed by atoms with Crippen molar-refractivity contribution in [2.45, 2.75) is 33.7 Å². The maximum Gasteiger partial charge on any atom is 0.355 e. The number of esters is 1. The van der Waals surface area contributed by atoms with Crippen LogP contribution < -0.4 is 9.47 Å². The van der Waals surface area contributed by atoms with Gasteiger partial charge in [0.05, 0.1) is 12.6 Å². The van der Waals surface area contributed by atoms with E-state index in [9.17, 15) is 14.4 Å². The van der Waals surface area contributed by atoms with Crippen molar-refractivity contribution in [2.75, 3.05) is 20.4 Å². The zero-order valence-corrected chi connectivity index (χ0v) is 18.1. The van der Waals surface area contributed by atoms with E-state index in [1.165, 1.54) is 4.90 Å². The number of rotatable bonds is 6. The number of carbonyl (C=O) groups is 3. The SMILES string of the molecule is CCOC(=O)c1c(C)c(C(=O)C(C)N(C)C(=O)c2ccc3c(c2)OCO3)c(C)n1C. The number of Topliss-reactive ketones (excluding diaryl/α,β-unsaturated/α-hetero) is 1. The van der Waals surface area contributed by atoms with Gasteiger partial charge in [-0.3, -0.25) is 9.59 Å². The molecule has 0 radical (unpaired) electrons. The van der Waals surface area contributed by atoms with Crippen molar-refractivity contribution in [3.05, 3.63) is 46.3 Å². The zero-order valence-electron chi connectivity index (χ0n) is 18.1. The van der Waals surface area contributed by atoms with E-state index in [2.05, 4.69) is 0 Å². The average Bonchev–Trinajstić information content (AvgIpc) is 3.27. The molecule has 8 heteroatoms. The third-order valence-corrected chi connectivity index (χ3v) is 5.55. The van der Waals surface area contributed by atoms with Crippen LogP contribution in [-0.4, -0.2) is 53.6 Å². The number of ketones is 1. The molecule has 0 saturated carbocycles. The van der Waals surface area contributed by atoms with Crippen molar-refractivity contribution in [1.82, 2.24) is 9.47 Å². The average molecular weight is 414 g/mol. The van der Waals surface area contributed by atoms with Crippen LogP contribution in [0.5, 0.6) is 11.5 Å². The fourth-order valence-corrected chi connectivity index (χ4v) is 3.62. The highest BCUT2D eigenvalue weighted by Gasteiger charge is 2.31. The predicted molar refractivity (Wildman–Crippen MR) is 109 cm³/mol. The third kappa shape index (κ3) is 3.53. The minimum absolute atomic E-state index is 0.118. The second-order valence-corrected chi connectivity index (χ2v) is 7.24. The van der Waals surface area contributed by atoms with Crippen molar-refractivity contribution in [1.29, 1.82) is 0 Å². The Morgan fingerprint density at radius 3 is 2.53 bits per heavy atom. The fraction of sp³-hybridized carbons (Fsp3) is 0.409. The molecular weight excluding hydrogens is 388 g/mol. The highest BCUT2D eigenvalue weighted by atomic mass is 16.7. The molecule has 2 aromatic rings. The topological polar surface area (TPSA) is 87.1 Å². The molecule has 0 fully saturated rings. The van der Waals surface area contributed by atoms with Crippen LogP contribution >= 0.6 is 0 Å². The third-order valence-electron chi connectivity index (χ3n) is 5.55. The van der Waals surface area contributed by atoms with Gasteiger partial charge in [-0.05, 0) is 51.5 Å². The van der Waals surface area contributed by atoms with E-state index in [0.717, 1.165) is 0 Å². The summed E-state index contributed by atoms with van der Waals surface area (Å²) in [6, 6.07) is 4.18. The molecule has 0 aliphatic carbocycles. The molecule has 0 bridgehead atoms. The Balaban J connectivity index is 1.87. The molecule has 1 atom stereocenters. The first-order valence-corrected chi connectivity index (χ1v) is 9.73. The predicted octanol–water partition coefficient (Wildman–Crippen LogP) is 2.89. The number of ether oxygens (including phenoxy) is 3. The Morgan fingerprint density at radius 1 is 1.20 bits per heavy atom. The normalized spacial score (nSPS) is 13.1. The number of hydrogen-bond donors (Lipinski definition) is 0. The first kappa shape index (κ1) is 21.4. The summed E-state index contributed by atoms with van der Waals surface area (Å²) in [5.41, 5.74) is 2.37. The van der Waals surface area contributed by atoms with Crippen molar-refractivity contribution < 1.29 is 28.6 Å². The van der Waals surface area contributed by atoms with Gasteiger partial charge in [0.1, 0.15) is 5.69 Å². The molecule has 3 rings (SSSR count). The van der Waals surface area contributed by atoms with Crippen LogP contribution in [0.25, 0.3) is 0 Å². The van der Waals surface area contributed by atoms with Crippen LogP contribution in [0.1, 0.15) is 56.3 Å². The Kier molecular flexibility index (Phi) is 5.87. The highest BCUT2D eigenvalue weighted by Crippen LogP contribution is 2.33. The van der Waals surface area contributed by atoms with Gasteiger partial charge in [0.2, 0.25) is 6.79 Å². The smallest absolute Gasteiger partial charge is 0.355 e. The van der Waals surface area contributed by atoms with Gasteiger partial charge >= 0.3 is 5.97 Å². The summed E-state index contributed by atoms with van der Waals surface area (Å²) in [6.07, 6.45) is 0. The van der Waals surface area contributed by atoms with Crippen LogP contribution in [0.2, 0.25) is 0 Å². The van der Waals surface area contributed by atoms with Crippen molar-refractivity contribution >= 4 is 17.7 Å². The molecule has 1 amide bonds. The van der Waals surface area contributed by atoms with Crippen LogP contribution in [0.4, 0.5) is 0 Å². The van der Waals surface area contributed by atoms with Gasteiger partial charge in [0.25, 0.3) is 5.91 Å². The van der Waals surface area contributed by atoms with Crippen LogP contribution in [-0.2, 0) is 11.8 Å². The van der Waals surface area contributed by atoms with Crippen molar-refractivity contribution in [2.24, 2.45) is 7.05 Å². The molecule has 1 unspecified atom stereocenters. The maximum absolute atomic E-state index is 13.3.